The van der Waals surface area contributed by atoms with Crippen LogP contribution in [0.15, 0.2) is 39.6 Å². The number of para-hydroxylation sites is 1. The van der Waals surface area contributed by atoms with Gasteiger partial charge in [0.05, 0.1) is 21.6 Å². The van der Waals surface area contributed by atoms with E-state index in [0.29, 0.717) is 17.7 Å². The van der Waals surface area contributed by atoms with Gasteiger partial charge in [-0.25, -0.2) is 4.98 Å². The Hall–Kier alpha value is -2.19. The van der Waals surface area contributed by atoms with Crippen molar-refractivity contribution in [3.05, 3.63) is 50.7 Å². The molecule has 6 nitrogen and oxygen atoms in total. The molecule has 0 spiro atoms. The average molecular weight is 414 g/mol. The number of thioether (sulfide) groups is 1. The number of fused-ring (bicyclic) bond motifs is 3. The molecular formula is C20H23N5OS2. The van der Waals surface area contributed by atoms with E-state index in [1.54, 1.807) is 27.7 Å². The molecule has 0 atom stereocenters. The largest absolute Gasteiger partial charge is 0.276 e. The number of nitrogens with zero attached hydrogens (tertiary/aromatic N) is 5. The maximum absolute atomic E-state index is 13.0. The number of rotatable bonds is 8. The van der Waals surface area contributed by atoms with E-state index in [0.717, 1.165) is 47.8 Å². The Bertz CT molecular complexity index is 1160. The van der Waals surface area contributed by atoms with Crippen LogP contribution in [-0.4, -0.2) is 24.1 Å². The average Bonchev–Trinajstić information content (AvgIpc) is 3.34. The highest BCUT2D eigenvalue weighted by molar-refractivity contribution is 7.98. The number of aromatic nitrogens is 5. The zero-order valence-electron chi connectivity index (χ0n) is 16.1. The van der Waals surface area contributed by atoms with Crippen LogP contribution in [0, 0.1) is 0 Å². The smallest absolute Gasteiger partial charge is 0.262 e. The third-order valence-electron chi connectivity index (χ3n) is 4.63. The van der Waals surface area contributed by atoms with Crippen molar-refractivity contribution in [1.29, 1.82) is 0 Å². The number of benzene rings is 1. The van der Waals surface area contributed by atoms with Crippen molar-refractivity contribution in [1.82, 2.24) is 24.1 Å². The molecule has 28 heavy (non-hydrogen) atoms. The Morgan fingerprint density at radius 3 is 2.82 bits per heavy atom. The van der Waals surface area contributed by atoms with Crippen LogP contribution in [0.25, 0.3) is 16.7 Å². The van der Waals surface area contributed by atoms with Gasteiger partial charge in [0.15, 0.2) is 5.16 Å². The van der Waals surface area contributed by atoms with Crippen LogP contribution in [-0.2, 0) is 18.7 Å². The Balaban J connectivity index is 1.74. The minimum atomic E-state index is 0.00390. The van der Waals surface area contributed by atoms with Gasteiger partial charge < -0.3 is 0 Å². The first-order valence-electron chi connectivity index (χ1n) is 9.65. The fraction of sp³-hybridized carbons (Fsp3) is 0.400. The van der Waals surface area contributed by atoms with Crippen molar-refractivity contribution in [2.75, 3.05) is 0 Å². The van der Waals surface area contributed by atoms with Gasteiger partial charge >= 0.3 is 0 Å². The van der Waals surface area contributed by atoms with Crippen molar-refractivity contribution in [3.8, 4) is 0 Å². The quantitative estimate of drug-likeness (QED) is 0.397. The number of thiazole rings is 1. The summed E-state index contributed by atoms with van der Waals surface area (Å²) in [6.07, 6.45) is 4.08. The molecule has 0 amide bonds. The molecule has 3 heterocycles. The molecule has 4 rings (SSSR count). The lowest BCUT2D eigenvalue weighted by Gasteiger charge is -2.10. The fourth-order valence-electron chi connectivity index (χ4n) is 3.23. The Labute approximate surface area is 171 Å². The van der Waals surface area contributed by atoms with E-state index in [4.69, 9.17) is 4.98 Å². The molecule has 1 aromatic carbocycles. The standard InChI is InChI=1S/C20H23N5OS2/c1-3-5-11-24-18(26)15-9-6-7-10-16(15)25-19(24)22-23-20(25)28-13-14-12-27-17(21-14)8-4-2/h6-7,9-10,12H,3-5,8,11,13H2,1-2H3. The molecular weight excluding hydrogens is 390 g/mol. The summed E-state index contributed by atoms with van der Waals surface area (Å²) in [4.78, 5) is 17.7. The first kappa shape index (κ1) is 19.1. The van der Waals surface area contributed by atoms with Gasteiger partial charge in [0.1, 0.15) is 0 Å². The molecule has 3 aromatic heterocycles. The molecule has 0 saturated carbocycles. The molecule has 0 fully saturated rings. The maximum atomic E-state index is 13.0. The Morgan fingerprint density at radius 1 is 1.14 bits per heavy atom. The summed E-state index contributed by atoms with van der Waals surface area (Å²) in [7, 11) is 0. The first-order chi connectivity index (χ1) is 13.7. The fourth-order valence-corrected chi connectivity index (χ4v) is 5.07. The number of aryl methyl sites for hydroxylation is 2. The lowest BCUT2D eigenvalue weighted by atomic mass is 10.2. The Kier molecular flexibility index (Phi) is 5.77. The number of hydrogen-bond acceptors (Lipinski definition) is 6. The molecule has 0 N–H and O–H groups in total. The summed E-state index contributed by atoms with van der Waals surface area (Å²) < 4.78 is 3.77. The minimum absolute atomic E-state index is 0.00390. The Morgan fingerprint density at radius 2 is 2.00 bits per heavy atom. The molecule has 0 aliphatic carbocycles. The van der Waals surface area contributed by atoms with Gasteiger partial charge in [-0.1, -0.05) is 44.2 Å². The van der Waals surface area contributed by atoms with Gasteiger partial charge in [-0.05, 0) is 31.4 Å². The zero-order valence-corrected chi connectivity index (χ0v) is 17.7. The lowest BCUT2D eigenvalue weighted by Crippen LogP contribution is -2.23. The van der Waals surface area contributed by atoms with Gasteiger partial charge in [-0.3, -0.25) is 13.8 Å². The van der Waals surface area contributed by atoms with Crippen molar-refractivity contribution < 1.29 is 0 Å². The van der Waals surface area contributed by atoms with Crippen molar-refractivity contribution in [3.63, 3.8) is 0 Å². The second kappa shape index (κ2) is 8.45. The van der Waals surface area contributed by atoms with Gasteiger partial charge in [0, 0.05) is 17.7 Å². The molecule has 8 heteroatoms. The van der Waals surface area contributed by atoms with Crippen LogP contribution in [0.3, 0.4) is 0 Å². The summed E-state index contributed by atoms with van der Waals surface area (Å²) in [6.45, 7) is 4.94. The van der Waals surface area contributed by atoms with Gasteiger partial charge in [-0.2, -0.15) is 0 Å². The van der Waals surface area contributed by atoms with Gasteiger partial charge in [0.2, 0.25) is 5.78 Å². The molecule has 4 aromatic rings. The highest BCUT2D eigenvalue weighted by atomic mass is 32.2. The third-order valence-corrected chi connectivity index (χ3v) is 6.55. The van der Waals surface area contributed by atoms with Crippen LogP contribution in [0.2, 0.25) is 0 Å². The second-order valence-corrected chi connectivity index (χ2v) is 8.60. The summed E-state index contributed by atoms with van der Waals surface area (Å²) in [5.41, 5.74) is 1.93. The maximum Gasteiger partial charge on any atom is 0.262 e. The van der Waals surface area contributed by atoms with Crippen molar-refractivity contribution in [2.24, 2.45) is 0 Å². The molecule has 0 aliphatic rings. The van der Waals surface area contributed by atoms with Gasteiger partial charge in [-0.15, -0.1) is 21.5 Å². The molecule has 0 unspecified atom stereocenters. The monoisotopic (exact) mass is 413 g/mol. The van der Waals surface area contributed by atoms with Crippen molar-refractivity contribution in [2.45, 2.75) is 57.0 Å². The highest BCUT2D eigenvalue weighted by Gasteiger charge is 2.17. The van der Waals surface area contributed by atoms with E-state index in [1.807, 2.05) is 28.7 Å². The summed E-state index contributed by atoms with van der Waals surface area (Å²) in [5.74, 6) is 1.35. The molecule has 0 aliphatic heterocycles. The molecule has 0 bridgehead atoms. The zero-order chi connectivity index (χ0) is 19.5. The lowest BCUT2D eigenvalue weighted by molar-refractivity contribution is 0.620. The summed E-state index contributed by atoms with van der Waals surface area (Å²) in [6, 6.07) is 7.69. The summed E-state index contributed by atoms with van der Waals surface area (Å²) in [5, 5.41) is 13.6. The second-order valence-electron chi connectivity index (χ2n) is 6.72. The highest BCUT2D eigenvalue weighted by Crippen LogP contribution is 2.25. The predicted octanol–water partition coefficient (Wildman–Crippen LogP) is 4.55. The number of unbranched alkanes of at least 4 members (excludes halogenated alkanes) is 1. The minimum Gasteiger partial charge on any atom is -0.276 e. The third kappa shape index (κ3) is 3.58. The number of hydrogen-bond donors (Lipinski definition) is 0. The molecule has 0 radical (unpaired) electrons. The SMILES string of the molecule is CCCCn1c(=O)c2ccccc2n2c(SCc3csc(CCC)n3)nnc12. The normalized spacial score (nSPS) is 11.6. The van der Waals surface area contributed by atoms with Crippen molar-refractivity contribution >= 4 is 39.8 Å². The van der Waals surface area contributed by atoms with Crippen LogP contribution in [0.5, 0.6) is 0 Å². The van der Waals surface area contributed by atoms with E-state index < -0.39 is 0 Å². The summed E-state index contributed by atoms with van der Waals surface area (Å²) >= 11 is 3.33. The van der Waals surface area contributed by atoms with E-state index in [2.05, 4.69) is 29.4 Å². The topological polar surface area (TPSA) is 65.1 Å². The van der Waals surface area contributed by atoms with E-state index in [-0.39, 0.29) is 5.56 Å². The first-order valence-corrected chi connectivity index (χ1v) is 11.5. The molecule has 146 valence electrons. The van der Waals surface area contributed by atoms with E-state index in [9.17, 15) is 4.79 Å². The molecule has 0 saturated heterocycles. The van der Waals surface area contributed by atoms with Crippen LogP contribution < -0.4 is 5.56 Å². The van der Waals surface area contributed by atoms with E-state index in [1.165, 1.54) is 5.01 Å². The van der Waals surface area contributed by atoms with E-state index >= 15 is 0 Å². The van der Waals surface area contributed by atoms with Crippen LogP contribution in [0.4, 0.5) is 0 Å². The van der Waals surface area contributed by atoms with Crippen LogP contribution >= 0.6 is 23.1 Å². The van der Waals surface area contributed by atoms with Gasteiger partial charge in [0.25, 0.3) is 5.56 Å². The predicted molar refractivity (Wildman–Crippen MR) is 115 cm³/mol. The van der Waals surface area contributed by atoms with Crippen LogP contribution in [0.1, 0.15) is 43.8 Å².